The molecule has 0 amide bonds. The predicted molar refractivity (Wildman–Crippen MR) is 99.4 cm³/mol. The van der Waals surface area contributed by atoms with Gasteiger partial charge in [-0.2, -0.15) is 0 Å². The van der Waals surface area contributed by atoms with Gasteiger partial charge in [-0.3, -0.25) is 9.36 Å². The predicted octanol–water partition coefficient (Wildman–Crippen LogP) is 4.61. The minimum absolute atomic E-state index is 0.0125. The van der Waals surface area contributed by atoms with Crippen LogP contribution in [-0.4, -0.2) is 9.55 Å². The zero-order chi connectivity index (χ0) is 16.8. The van der Waals surface area contributed by atoms with Crippen LogP contribution in [0.3, 0.4) is 0 Å². The molecule has 1 aromatic heterocycles. The molecule has 24 heavy (non-hydrogen) atoms. The van der Waals surface area contributed by atoms with E-state index in [9.17, 15) is 4.79 Å². The molecule has 0 spiro atoms. The van der Waals surface area contributed by atoms with E-state index < -0.39 is 0 Å². The number of allylic oxidation sites excluding steroid dienone is 1. The fourth-order valence-corrected chi connectivity index (χ4v) is 3.47. The van der Waals surface area contributed by atoms with Crippen LogP contribution in [0.2, 0.25) is 5.02 Å². The van der Waals surface area contributed by atoms with Crippen LogP contribution in [0.5, 0.6) is 0 Å². The molecule has 0 radical (unpaired) electrons. The maximum atomic E-state index is 12.7. The average Bonchev–Trinajstić information content (AvgIpc) is 2.94. The Labute approximate surface area is 145 Å². The lowest BCUT2D eigenvalue weighted by Gasteiger charge is -2.07. The van der Waals surface area contributed by atoms with Crippen molar-refractivity contribution in [2.45, 2.75) is 26.8 Å². The molecule has 0 saturated heterocycles. The van der Waals surface area contributed by atoms with Crippen molar-refractivity contribution in [1.82, 2.24) is 9.55 Å². The first-order valence-electron chi connectivity index (χ1n) is 8.01. The summed E-state index contributed by atoms with van der Waals surface area (Å²) in [5, 5.41) is 1.14. The van der Waals surface area contributed by atoms with Gasteiger partial charge in [0, 0.05) is 11.6 Å². The minimum atomic E-state index is -0.0125. The summed E-state index contributed by atoms with van der Waals surface area (Å²) in [6.45, 7) is 4.87. The van der Waals surface area contributed by atoms with Gasteiger partial charge in [-0.25, -0.2) is 4.98 Å². The van der Waals surface area contributed by atoms with Gasteiger partial charge >= 0.3 is 0 Å². The molecule has 3 nitrogen and oxygen atoms in total. The maximum Gasteiger partial charge on any atom is 0.261 e. The molecule has 0 bridgehead atoms. The lowest BCUT2D eigenvalue weighted by molar-refractivity contribution is 0.725. The Morgan fingerprint density at radius 1 is 1.17 bits per heavy atom. The summed E-state index contributed by atoms with van der Waals surface area (Å²) in [5.74, 6) is 0.773. The summed E-state index contributed by atoms with van der Waals surface area (Å²) in [7, 11) is 0. The van der Waals surface area contributed by atoms with Crippen molar-refractivity contribution in [1.29, 1.82) is 0 Å². The zero-order valence-electron chi connectivity index (χ0n) is 13.6. The fourth-order valence-electron chi connectivity index (χ4n) is 3.30. The first-order valence-corrected chi connectivity index (χ1v) is 8.39. The highest BCUT2D eigenvalue weighted by Gasteiger charge is 2.21. The molecular formula is C20H17ClN2O. The van der Waals surface area contributed by atoms with Gasteiger partial charge in [0.2, 0.25) is 0 Å². The number of nitrogens with zero attached hydrogens (tertiary/aromatic N) is 2. The molecule has 4 heteroatoms. The molecule has 0 fully saturated rings. The third kappa shape index (κ3) is 2.45. The second kappa shape index (κ2) is 5.60. The number of halogens is 1. The van der Waals surface area contributed by atoms with Gasteiger partial charge in [0.25, 0.3) is 5.56 Å². The lowest BCUT2D eigenvalue weighted by Crippen LogP contribution is -2.20. The van der Waals surface area contributed by atoms with E-state index >= 15 is 0 Å². The zero-order valence-corrected chi connectivity index (χ0v) is 14.4. The van der Waals surface area contributed by atoms with Gasteiger partial charge in [0.15, 0.2) is 0 Å². The molecule has 4 rings (SSSR count). The Morgan fingerprint density at radius 3 is 2.79 bits per heavy atom. The number of hydrogen-bond donors (Lipinski definition) is 0. The molecule has 0 saturated carbocycles. The van der Waals surface area contributed by atoms with Crippen molar-refractivity contribution in [3.8, 4) is 0 Å². The summed E-state index contributed by atoms with van der Waals surface area (Å²) in [6.07, 6.45) is 2.97. The van der Waals surface area contributed by atoms with Gasteiger partial charge in [-0.05, 0) is 61.2 Å². The van der Waals surface area contributed by atoms with E-state index in [1.165, 1.54) is 16.7 Å². The van der Waals surface area contributed by atoms with E-state index in [-0.39, 0.29) is 5.56 Å². The summed E-state index contributed by atoms with van der Waals surface area (Å²) in [4.78, 5) is 17.4. The topological polar surface area (TPSA) is 34.9 Å². The van der Waals surface area contributed by atoms with Crippen molar-refractivity contribution >= 4 is 34.2 Å². The average molecular weight is 337 g/mol. The van der Waals surface area contributed by atoms with E-state index in [4.69, 9.17) is 16.6 Å². The Balaban J connectivity index is 1.90. The van der Waals surface area contributed by atoms with Gasteiger partial charge in [0.1, 0.15) is 5.82 Å². The normalized spacial score (nSPS) is 15.2. The standard InChI is InChI=1S/C20H17ClN2O/c1-12-3-4-14(13(2)9-12)10-15-7-8-23-19(15)22-18-6-5-16(21)11-17(18)20(23)24/h3-6,9-11H,7-8H2,1-2H3/b15-10+. The lowest BCUT2D eigenvalue weighted by atomic mass is 10.0. The Kier molecular flexibility index (Phi) is 3.54. The van der Waals surface area contributed by atoms with E-state index in [1.54, 1.807) is 16.7 Å². The molecule has 0 aliphatic carbocycles. The summed E-state index contributed by atoms with van der Waals surface area (Å²) < 4.78 is 1.76. The minimum Gasteiger partial charge on any atom is -0.292 e. The molecule has 1 aliphatic rings. The third-order valence-electron chi connectivity index (χ3n) is 4.56. The molecule has 120 valence electrons. The highest BCUT2D eigenvalue weighted by atomic mass is 35.5. The van der Waals surface area contributed by atoms with Crippen LogP contribution < -0.4 is 5.56 Å². The number of aryl methyl sites for hydroxylation is 2. The fraction of sp³-hybridized carbons (Fsp3) is 0.200. The molecule has 1 aliphatic heterocycles. The second-order valence-corrected chi connectivity index (χ2v) is 6.77. The van der Waals surface area contributed by atoms with Crippen molar-refractivity contribution in [3.05, 3.63) is 74.3 Å². The van der Waals surface area contributed by atoms with Gasteiger partial charge in [0.05, 0.1) is 10.9 Å². The number of hydrogen-bond acceptors (Lipinski definition) is 2. The van der Waals surface area contributed by atoms with Crippen molar-refractivity contribution in [3.63, 3.8) is 0 Å². The van der Waals surface area contributed by atoms with Crippen LogP contribution in [0, 0.1) is 13.8 Å². The van der Waals surface area contributed by atoms with Crippen LogP contribution in [0.15, 0.2) is 41.2 Å². The van der Waals surface area contributed by atoms with Crippen molar-refractivity contribution < 1.29 is 0 Å². The van der Waals surface area contributed by atoms with E-state index in [1.807, 2.05) is 6.07 Å². The number of rotatable bonds is 1. The van der Waals surface area contributed by atoms with Crippen molar-refractivity contribution in [2.75, 3.05) is 0 Å². The summed E-state index contributed by atoms with van der Waals surface area (Å²) in [5.41, 5.74) is 5.45. The first kappa shape index (κ1) is 15.2. The highest BCUT2D eigenvalue weighted by molar-refractivity contribution is 6.31. The van der Waals surface area contributed by atoms with Crippen LogP contribution in [0.4, 0.5) is 0 Å². The number of benzene rings is 2. The van der Waals surface area contributed by atoms with Crippen LogP contribution in [0.25, 0.3) is 22.6 Å². The van der Waals surface area contributed by atoms with E-state index in [0.717, 1.165) is 17.8 Å². The maximum absolute atomic E-state index is 12.7. The smallest absolute Gasteiger partial charge is 0.261 e. The van der Waals surface area contributed by atoms with Gasteiger partial charge in [-0.1, -0.05) is 35.4 Å². The number of fused-ring (bicyclic) bond motifs is 2. The molecule has 2 aromatic carbocycles. The van der Waals surface area contributed by atoms with Crippen LogP contribution in [0.1, 0.15) is 28.9 Å². The first-order chi connectivity index (χ1) is 11.5. The molecule has 3 aromatic rings. The Hall–Kier alpha value is -2.39. The quantitative estimate of drug-likeness (QED) is 0.650. The molecule has 2 heterocycles. The van der Waals surface area contributed by atoms with Crippen LogP contribution in [-0.2, 0) is 6.54 Å². The summed E-state index contributed by atoms with van der Waals surface area (Å²) >= 11 is 6.02. The third-order valence-corrected chi connectivity index (χ3v) is 4.80. The molecule has 0 unspecified atom stereocenters. The summed E-state index contributed by atoms with van der Waals surface area (Å²) in [6, 6.07) is 11.7. The molecule has 0 N–H and O–H groups in total. The van der Waals surface area contributed by atoms with Crippen molar-refractivity contribution in [2.24, 2.45) is 0 Å². The molecule has 0 atom stereocenters. The van der Waals surface area contributed by atoms with Gasteiger partial charge in [-0.15, -0.1) is 0 Å². The van der Waals surface area contributed by atoms with E-state index in [0.29, 0.717) is 22.5 Å². The van der Waals surface area contributed by atoms with Gasteiger partial charge < -0.3 is 0 Å². The monoisotopic (exact) mass is 336 g/mol. The largest absolute Gasteiger partial charge is 0.292 e. The Bertz CT molecular complexity index is 1060. The molecular weight excluding hydrogens is 320 g/mol. The second-order valence-electron chi connectivity index (χ2n) is 6.33. The SMILES string of the molecule is Cc1ccc(/C=C2\CCn3c2nc2ccc(Cl)cc2c3=O)c(C)c1. The Morgan fingerprint density at radius 2 is 2.00 bits per heavy atom. The number of aromatic nitrogens is 2. The van der Waals surface area contributed by atoms with Crippen LogP contribution >= 0.6 is 11.6 Å². The van der Waals surface area contributed by atoms with E-state index in [2.05, 4.69) is 38.1 Å². The highest BCUT2D eigenvalue weighted by Crippen LogP contribution is 2.29.